The Morgan fingerprint density at radius 1 is 1.21 bits per heavy atom. The third-order valence-electron chi connectivity index (χ3n) is 4.52. The van der Waals surface area contributed by atoms with E-state index in [4.69, 9.17) is 10.5 Å². The highest BCUT2D eigenvalue weighted by molar-refractivity contribution is 5.99. The van der Waals surface area contributed by atoms with Crippen LogP contribution in [0, 0.1) is 0 Å². The summed E-state index contributed by atoms with van der Waals surface area (Å²) in [4.78, 5) is 12.8. The molecule has 2 heterocycles. The maximum atomic E-state index is 12.9. The van der Waals surface area contributed by atoms with Crippen LogP contribution in [0.2, 0.25) is 0 Å². The number of methoxy groups -OCH3 is 1. The van der Waals surface area contributed by atoms with Crippen LogP contribution in [0.5, 0.6) is 5.75 Å². The number of carbonyl (C=O) groups is 1. The second-order valence-corrected chi connectivity index (χ2v) is 6.73. The second kappa shape index (κ2) is 9.01. The zero-order valence-corrected chi connectivity index (χ0v) is 17.3. The number of rotatable bonds is 6. The van der Waals surface area contributed by atoms with Crippen molar-refractivity contribution in [2.24, 2.45) is 5.10 Å². The molecule has 0 aliphatic rings. The zero-order chi connectivity index (χ0) is 24.3. The van der Waals surface area contributed by atoms with E-state index in [-0.39, 0.29) is 28.6 Å². The molecule has 0 atom stereocenters. The summed E-state index contributed by atoms with van der Waals surface area (Å²) >= 11 is 0. The SMILES string of the molecule is COc1cccc(-c2c(C(=O)N/N=C\c3cccc(C(F)(F)F)c3)nnn2-c2nonc2N)c1. The monoisotopic (exact) mass is 472 g/mol. The van der Waals surface area contributed by atoms with Gasteiger partial charge in [0.1, 0.15) is 11.4 Å². The highest BCUT2D eigenvalue weighted by atomic mass is 19.4. The van der Waals surface area contributed by atoms with E-state index in [0.29, 0.717) is 11.3 Å². The standard InChI is InChI=1S/C20H15F3N8O3/c1-33-14-7-3-5-12(9-14)16-15(26-30-31(16)18-17(24)28-34-29-18)19(32)27-25-10-11-4-2-6-13(8-11)20(21,22)23/h2-10H,1H3,(H2,24,28)(H,27,32)/b25-10-. The Morgan fingerprint density at radius 2 is 2.00 bits per heavy atom. The second-order valence-electron chi connectivity index (χ2n) is 6.73. The molecule has 0 aliphatic heterocycles. The number of hydrazone groups is 1. The number of benzene rings is 2. The fourth-order valence-electron chi connectivity index (χ4n) is 2.96. The van der Waals surface area contributed by atoms with Crippen LogP contribution < -0.4 is 15.9 Å². The lowest BCUT2D eigenvalue weighted by atomic mass is 10.1. The summed E-state index contributed by atoms with van der Waals surface area (Å²) in [6.45, 7) is 0. The Balaban J connectivity index is 1.66. The molecule has 0 spiro atoms. The molecule has 174 valence electrons. The third-order valence-corrected chi connectivity index (χ3v) is 4.52. The fourth-order valence-corrected chi connectivity index (χ4v) is 2.96. The summed E-state index contributed by atoms with van der Waals surface area (Å²) in [5.41, 5.74) is 7.76. The van der Waals surface area contributed by atoms with E-state index >= 15 is 0 Å². The Hall–Kier alpha value is -4.75. The van der Waals surface area contributed by atoms with Crippen molar-refractivity contribution >= 4 is 17.9 Å². The molecular formula is C20H15F3N8O3. The number of nitrogens with one attached hydrogen (secondary N) is 1. The third kappa shape index (κ3) is 4.55. The van der Waals surface area contributed by atoms with Crippen LogP contribution in [0.1, 0.15) is 21.6 Å². The normalized spacial score (nSPS) is 11.6. The van der Waals surface area contributed by atoms with Crippen molar-refractivity contribution in [3.05, 3.63) is 65.4 Å². The molecule has 34 heavy (non-hydrogen) atoms. The number of nitrogen functional groups attached to an aromatic ring is 1. The van der Waals surface area contributed by atoms with Crippen LogP contribution >= 0.6 is 0 Å². The average molecular weight is 472 g/mol. The minimum atomic E-state index is -4.50. The van der Waals surface area contributed by atoms with Crippen molar-refractivity contribution in [2.45, 2.75) is 6.18 Å². The maximum absolute atomic E-state index is 12.9. The minimum absolute atomic E-state index is 0.00293. The number of alkyl halides is 3. The van der Waals surface area contributed by atoms with Crippen molar-refractivity contribution in [1.29, 1.82) is 0 Å². The summed E-state index contributed by atoms with van der Waals surface area (Å²) in [7, 11) is 1.48. The predicted molar refractivity (Wildman–Crippen MR) is 112 cm³/mol. The summed E-state index contributed by atoms with van der Waals surface area (Å²) in [5.74, 6) is -0.395. The molecule has 0 radical (unpaired) electrons. The molecule has 2 aromatic carbocycles. The number of hydrogen-bond acceptors (Lipinski definition) is 9. The number of aromatic nitrogens is 5. The molecule has 14 heteroatoms. The number of nitrogens with two attached hydrogens (primary N) is 1. The first-order chi connectivity index (χ1) is 16.3. The molecule has 2 aromatic heterocycles. The topological polar surface area (TPSA) is 146 Å². The number of amides is 1. The molecule has 1 amide bonds. The number of nitrogens with zero attached hydrogens (tertiary/aromatic N) is 6. The average Bonchev–Trinajstić information content (AvgIpc) is 3.44. The number of anilines is 1. The van der Waals surface area contributed by atoms with Crippen LogP contribution in [0.3, 0.4) is 0 Å². The molecule has 4 aromatic rings. The van der Waals surface area contributed by atoms with E-state index in [1.165, 1.54) is 19.2 Å². The molecule has 0 saturated carbocycles. The van der Waals surface area contributed by atoms with Crippen molar-refractivity contribution in [3.8, 4) is 22.8 Å². The number of hydrogen-bond donors (Lipinski definition) is 2. The molecule has 3 N–H and O–H groups in total. The number of halogens is 3. The first-order valence-electron chi connectivity index (χ1n) is 9.47. The van der Waals surface area contributed by atoms with Gasteiger partial charge in [-0.25, -0.2) is 10.1 Å². The minimum Gasteiger partial charge on any atom is -0.497 e. The Kier molecular flexibility index (Phi) is 5.95. The van der Waals surface area contributed by atoms with E-state index in [1.807, 2.05) is 0 Å². The van der Waals surface area contributed by atoms with Gasteiger partial charge in [0.05, 0.1) is 18.9 Å². The van der Waals surface area contributed by atoms with Gasteiger partial charge in [0, 0.05) is 5.56 Å². The lowest BCUT2D eigenvalue weighted by Gasteiger charge is -2.08. The fraction of sp³-hybridized carbons (Fsp3) is 0.100. The van der Waals surface area contributed by atoms with Gasteiger partial charge < -0.3 is 10.5 Å². The number of carbonyl (C=O) groups excluding carboxylic acids is 1. The molecule has 4 rings (SSSR count). The first-order valence-corrected chi connectivity index (χ1v) is 9.47. The van der Waals surface area contributed by atoms with Gasteiger partial charge in [0.15, 0.2) is 5.69 Å². The van der Waals surface area contributed by atoms with E-state index in [0.717, 1.165) is 23.0 Å². The van der Waals surface area contributed by atoms with Crippen LogP contribution in [-0.2, 0) is 6.18 Å². The smallest absolute Gasteiger partial charge is 0.416 e. The van der Waals surface area contributed by atoms with E-state index in [9.17, 15) is 18.0 Å². The quantitative estimate of drug-likeness (QED) is 0.322. The summed E-state index contributed by atoms with van der Waals surface area (Å²) in [6, 6.07) is 11.1. The van der Waals surface area contributed by atoms with Gasteiger partial charge in [-0.05, 0) is 40.1 Å². The molecule has 0 unspecified atom stereocenters. The van der Waals surface area contributed by atoms with Crippen LogP contribution in [0.15, 0.2) is 58.3 Å². The summed E-state index contributed by atoms with van der Waals surface area (Å²) in [6.07, 6.45) is -3.43. The molecule has 0 aliphatic carbocycles. The Morgan fingerprint density at radius 3 is 2.71 bits per heavy atom. The van der Waals surface area contributed by atoms with Crippen molar-refractivity contribution in [3.63, 3.8) is 0 Å². The van der Waals surface area contributed by atoms with Gasteiger partial charge in [0.2, 0.25) is 11.6 Å². The highest BCUT2D eigenvalue weighted by Crippen LogP contribution is 2.30. The Labute approximate surface area is 189 Å². The zero-order valence-electron chi connectivity index (χ0n) is 17.3. The van der Waals surface area contributed by atoms with Gasteiger partial charge in [-0.2, -0.15) is 23.0 Å². The van der Waals surface area contributed by atoms with Gasteiger partial charge >= 0.3 is 6.18 Å². The lowest BCUT2D eigenvalue weighted by molar-refractivity contribution is -0.137. The van der Waals surface area contributed by atoms with Gasteiger partial charge in [-0.1, -0.05) is 29.5 Å². The van der Waals surface area contributed by atoms with Gasteiger partial charge in [-0.3, -0.25) is 4.79 Å². The van der Waals surface area contributed by atoms with E-state index in [1.54, 1.807) is 24.3 Å². The van der Waals surface area contributed by atoms with Crippen molar-refractivity contribution < 1.29 is 27.3 Å². The molecule has 0 bridgehead atoms. The molecular weight excluding hydrogens is 457 g/mol. The molecule has 0 saturated heterocycles. The van der Waals surface area contributed by atoms with E-state index < -0.39 is 17.6 Å². The first kappa shape index (κ1) is 22.4. The summed E-state index contributed by atoms with van der Waals surface area (Å²) in [5, 5.41) is 18.7. The Bertz CT molecular complexity index is 1360. The van der Waals surface area contributed by atoms with Crippen molar-refractivity contribution in [2.75, 3.05) is 12.8 Å². The highest BCUT2D eigenvalue weighted by Gasteiger charge is 2.30. The molecule has 0 fully saturated rings. The van der Waals surface area contributed by atoms with E-state index in [2.05, 4.69) is 35.8 Å². The number of ether oxygens (including phenoxy) is 1. The predicted octanol–water partition coefficient (Wildman–Crippen LogP) is 2.69. The lowest BCUT2D eigenvalue weighted by Crippen LogP contribution is -2.19. The van der Waals surface area contributed by atoms with Crippen molar-refractivity contribution in [1.82, 2.24) is 30.7 Å². The van der Waals surface area contributed by atoms with Crippen LogP contribution in [0.4, 0.5) is 19.0 Å². The van der Waals surface area contributed by atoms with Gasteiger partial charge in [-0.15, -0.1) is 5.10 Å². The maximum Gasteiger partial charge on any atom is 0.416 e. The largest absolute Gasteiger partial charge is 0.497 e. The van der Waals surface area contributed by atoms with Crippen LogP contribution in [0.25, 0.3) is 17.1 Å². The van der Waals surface area contributed by atoms with Gasteiger partial charge in [0.25, 0.3) is 5.91 Å². The van der Waals surface area contributed by atoms with Crippen LogP contribution in [-0.4, -0.2) is 44.5 Å². The summed E-state index contributed by atoms with van der Waals surface area (Å²) < 4.78 is 49.6. The molecule has 11 nitrogen and oxygen atoms in total.